The lowest BCUT2D eigenvalue weighted by molar-refractivity contribution is -0.123. The number of rotatable bonds is 12. The molecule has 0 aliphatic heterocycles. The highest BCUT2D eigenvalue weighted by Crippen LogP contribution is 2.15. The highest BCUT2D eigenvalue weighted by Gasteiger charge is 2.29. The van der Waals surface area contributed by atoms with Crippen LogP contribution in [0.5, 0.6) is 0 Å². The predicted molar refractivity (Wildman–Crippen MR) is 135 cm³/mol. The molecule has 2 amide bonds. The Balaban J connectivity index is 2.17. The molecule has 0 saturated carbocycles. The summed E-state index contributed by atoms with van der Waals surface area (Å²) in [6.45, 7) is 0.262. The summed E-state index contributed by atoms with van der Waals surface area (Å²) >= 11 is 0. The van der Waals surface area contributed by atoms with Gasteiger partial charge in [-0.1, -0.05) is 30.3 Å². The van der Waals surface area contributed by atoms with E-state index in [-0.39, 0.29) is 31.3 Å². The number of amides is 2. The summed E-state index contributed by atoms with van der Waals surface area (Å²) in [5.41, 5.74) is 23.0. The van der Waals surface area contributed by atoms with Crippen molar-refractivity contribution in [3.8, 4) is 0 Å². The van der Waals surface area contributed by atoms with Gasteiger partial charge in [0, 0.05) is 18.5 Å². The number of benzene rings is 2. The highest BCUT2D eigenvalue weighted by atomic mass is 16.4. The fourth-order valence-corrected chi connectivity index (χ4v) is 3.23. The minimum absolute atomic E-state index is 0.0790. The number of aliphatic imine (C=N–C) groups is 2. The van der Waals surface area contributed by atoms with E-state index in [0.29, 0.717) is 17.7 Å². The lowest BCUT2D eigenvalue weighted by Crippen LogP contribution is -2.54. The Bertz CT molecular complexity index is 1020. The van der Waals surface area contributed by atoms with E-state index in [9.17, 15) is 19.6 Å². The van der Waals surface area contributed by atoms with Crippen molar-refractivity contribution in [2.24, 2.45) is 32.9 Å². The van der Waals surface area contributed by atoms with Crippen molar-refractivity contribution in [1.29, 1.82) is 0 Å². The Morgan fingerprint density at radius 2 is 1.57 bits per heavy atom. The van der Waals surface area contributed by atoms with Crippen LogP contribution < -0.4 is 33.6 Å². The van der Waals surface area contributed by atoms with Crippen LogP contribution in [0.2, 0.25) is 0 Å². The molecule has 0 aromatic heterocycles. The smallest absolute Gasteiger partial charge is 0.426 e. The van der Waals surface area contributed by atoms with Gasteiger partial charge in [-0.25, -0.2) is 4.99 Å². The Morgan fingerprint density at radius 3 is 2.14 bits per heavy atom. The summed E-state index contributed by atoms with van der Waals surface area (Å²) in [5, 5.41) is 24.8. The number of carbonyl (C=O) groups is 2. The van der Waals surface area contributed by atoms with E-state index in [1.807, 2.05) is 0 Å². The maximum atomic E-state index is 13.1. The van der Waals surface area contributed by atoms with Crippen LogP contribution in [0.1, 0.15) is 28.8 Å². The Hall–Kier alpha value is -4.10. The molecule has 0 aliphatic carbocycles. The van der Waals surface area contributed by atoms with Gasteiger partial charge < -0.3 is 43.6 Å². The maximum Gasteiger partial charge on any atom is 0.475 e. The predicted octanol–water partition coefficient (Wildman–Crippen LogP) is -1.52. The molecule has 2 aromatic carbocycles. The van der Waals surface area contributed by atoms with Crippen molar-refractivity contribution in [3.05, 3.63) is 65.7 Å². The van der Waals surface area contributed by atoms with Crippen molar-refractivity contribution in [2.75, 3.05) is 6.54 Å². The van der Waals surface area contributed by atoms with Gasteiger partial charge in [0.25, 0.3) is 5.91 Å². The lowest BCUT2D eigenvalue weighted by atomic mass is 9.76. The third kappa shape index (κ3) is 9.74. The van der Waals surface area contributed by atoms with E-state index in [1.54, 1.807) is 54.6 Å². The fourth-order valence-electron chi connectivity index (χ4n) is 3.23. The normalized spacial score (nSPS) is 12.1. The highest BCUT2D eigenvalue weighted by molar-refractivity contribution is 6.43. The lowest BCUT2D eigenvalue weighted by Gasteiger charge is -2.23. The van der Waals surface area contributed by atoms with Gasteiger partial charge >= 0.3 is 7.12 Å². The summed E-state index contributed by atoms with van der Waals surface area (Å²) in [6.07, 6.45) is 0.731. The molecule has 0 heterocycles. The standard InChI is InChI=1S/C22H31BN8O4/c24-21(25)28-12-4-7-18(23(34)35)31-20(33)17(30-19(32)15-5-2-1-3-6-15)13-14-8-10-16(11-9-14)29-22(26)27/h1-3,5-6,8-11,17-18,34-35H,4,7,12-13H2,(H,30,32)(H,31,33)(H4,24,25,28)(H4,26,27,29)/t17-,18-/m0/s1. The molecule has 0 unspecified atom stereocenters. The zero-order valence-electron chi connectivity index (χ0n) is 19.2. The summed E-state index contributed by atoms with van der Waals surface area (Å²) in [5.74, 6) is -2.18. The largest absolute Gasteiger partial charge is 0.475 e. The number of nitrogens with one attached hydrogen (secondary N) is 2. The van der Waals surface area contributed by atoms with Crippen LogP contribution in [0.3, 0.4) is 0 Å². The molecule has 12 nitrogen and oxygen atoms in total. The van der Waals surface area contributed by atoms with Crippen LogP contribution in [0.4, 0.5) is 5.69 Å². The van der Waals surface area contributed by atoms with E-state index < -0.39 is 30.9 Å². The Labute approximate surface area is 203 Å². The zero-order chi connectivity index (χ0) is 25.8. The minimum Gasteiger partial charge on any atom is -0.426 e. The first-order valence-corrected chi connectivity index (χ1v) is 10.9. The maximum absolute atomic E-state index is 13.1. The number of hydrogen-bond acceptors (Lipinski definition) is 6. The van der Waals surface area contributed by atoms with Crippen LogP contribution in [-0.4, -0.2) is 59.4 Å². The zero-order valence-corrected chi connectivity index (χ0v) is 19.2. The van der Waals surface area contributed by atoms with E-state index >= 15 is 0 Å². The van der Waals surface area contributed by atoms with Crippen molar-refractivity contribution in [2.45, 2.75) is 31.2 Å². The number of nitrogens with zero attached hydrogens (tertiary/aromatic N) is 2. The van der Waals surface area contributed by atoms with E-state index in [4.69, 9.17) is 22.9 Å². The van der Waals surface area contributed by atoms with E-state index in [0.717, 1.165) is 5.56 Å². The third-order valence-electron chi connectivity index (χ3n) is 4.95. The molecule has 0 fully saturated rings. The third-order valence-corrected chi connectivity index (χ3v) is 4.95. The van der Waals surface area contributed by atoms with Gasteiger partial charge in [0.05, 0.1) is 11.6 Å². The van der Waals surface area contributed by atoms with Crippen LogP contribution in [0, 0.1) is 0 Å². The molecule has 0 radical (unpaired) electrons. The van der Waals surface area contributed by atoms with Gasteiger partial charge in [-0.05, 0) is 42.7 Å². The van der Waals surface area contributed by atoms with Gasteiger partial charge in [0.1, 0.15) is 6.04 Å². The second-order valence-corrected chi connectivity index (χ2v) is 7.78. The molecule has 2 aromatic rings. The molecular formula is C22H31BN8O4. The topological polar surface area (TPSA) is 227 Å². The minimum atomic E-state index is -1.82. The summed E-state index contributed by atoms with van der Waals surface area (Å²) in [4.78, 5) is 33.6. The van der Waals surface area contributed by atoms with Gasteiger partial charge in [0.2, 0.25) is 5.91 Å². The van der Waals surface area contributed by atoms with Crippen LogP contribution in [-0.2, 0) is 11.2 Å². The first-order valence-electron chi connectivity index (χ1n) is 10.9. The Kier molecular flexibility index (Phi) is 10.5. The van der Waals surface area contributed by atoms with Gasteiger partial charge in [-0.3, -0.25) is 14.6 Å². The van der Waals surface area contributed by atoms with Gasteiger partial charge in [-0.15, -0.1) is 0 Å². The van der Waals surface area contributed by atoms with E-state index in [2.05, 4.69) is 20.6 Å². The van der Waals surface area contributed by atoms with Crippen LogP contribution in [0.25, 0.3) is 0 Å². The van der Waals surface area contributed by atoms with Gasteiger partial charge in [-0.2, -0.15) is 0 Å². The summed E-state index contributed by atoms with van der Waals surface area (Å²) in [6, 6.07) is 14.2. The second kappa shape index (κ2) is 13.6. The van der Waals surface area contributed by atoms with Crippen molar-refractivity contribution in [3.63, 3.8) is 0 Å². The van der Waals surface area contributed by atoms with E-state index in [1.165, 1.54) is 0 Å². The average molecular weight is 482 g/mol. The monoisotopic (exact) mass is 482 g/mol. The first kappa shape index (κ1) is 27.2. The molecule has 13 heteroatoms. The quantitative estimate of drug-likeness (QED) is 0.0765. The number of guanidine groups is 2. The SMILES string of the molecule is NC(N)=NCCC[C@H](NC(=O)[C@H](Cc1ccc(N=C(N)N)cc1)NC(=O)c1ccccc1)B(O)O. The number of hydrogen-bond donors (Lipinski definition) is 8. The molecule has 35 heavy (non-hydrogen) atoms. The molecule has 2 rings (SSSR count). The second-order valence-electron chi connectivity index (χ2n) is 7.78. The average Bonchev–Trinajstić information content (AvgIpc) is 2.81. The molecule has 12 N–H and O–H groups in total. The summed E-state index contributed by atoms with van der Waals surface area (Å²) < 4.78 is 0. The molecule has 0 bridgehead atoms. The fraction of sp³-hybridized carbons (Fsp3) is 0.273. The summed E-state index contributed by atoms with van der Waals surface area (Å²) in [7, 11) is -1.82. The van der Waals surface area contributed by atoms with Crippen molar-refractivity contribution >= 4 is 36.5 Å². The van der Waals surface area contributed by atoms with Crippen molar-refractivity contribution < 1.29 is 19.6 Å². The molecule has 0 aliphatic rings. The molecule has 2 atom stereocenters. The van der Waals surface area contributed by atoms with Gasteiger partial charge in [0.15, 0.2) is 11.9 Å². The molecule has 0 spiro atoms. The molecular weight excluding hydrogens is 451 g/mol. The number of carbonyl (C=O) groups excluding carboxylic acids is 2. The number of nitrogens with two attached hydrogens (primary N) is 4. The Morgan fingerprint density at radius 1 is 0.914 bits per heavy atom. The van der Waals surface area contributed by atoms with Crippen molar-refractivity contribution in [1.82, 2.24) is 10.6 Å². The molecule has 0 saturated heterocycles. The molecule has 186 valence electrons. The first-order chi connectivity index (χ1) is 16.7. The van der Waals surface area contributed by atoms with Crippen LogP contribution >= 0.6 is 0 Å². The van der Waals surface area contributed by atoms with Crippen LogP contribution in [0.15, 0.2) is 64.6 Å².